The molecule has 0 radical (unpaired) electrons. The molecule has 0 aliphatic carbocycles. The molecule has 0 aromatic carbocycles. The van der Waals surface area contributed by atoms with Crippen LogP contribution in [0.3, 0.4) is 0 Å². The molecule has 3 N–H and O–H groups in total. The standard InChI is InChI=1S/C16H25N5O2/c1-17-14-10-15(20-11-19-14)21(16(22)23)8-4-13(5-9-21)12-2-6-18-7-3-12/h10-13,18H,2-9H2,1H3,(H-,17,19,20,22,23)/p+1. The highest BCUT2D eigenvalue weighted by Crippen LogP contribution is 2.36. The summed E-state index contributed by atoms with van der Waals surface area (Å²) in [6, 6.07) is 1.76. The predicted molar refractivity (Wildman–Crippen MR) is 89.4 cm³/mol. The Balaban J connectivity index is 1.77. The molecule has 7 heteroatoms. The van der Waals surface area contributed by atoms with E-state index in [1.54, 1.807) is 13.1 Å². The van der Waals surface area contributed by atoms with Gasteiger partial charge in [0, 0.05) is 19.9 Å². The zero-order valence-electron chi connectivity index (χ0n) is 13.7. The summed E-state index contributed by atoms with van der Waals surface area (Å²) in [4.78, 5) is 20.4. The molecule has 2 saturated heterocycles. The van der Waals surface area contributed by atoms with Crippen LogP contribution in [-0.4, -0.2) is 54.4 Å². The van der Waals surface area contributed by atoms with Crippen molar-refractivity contribution in [1.29, 1.82) is 0 Å². The highest BCUT2D eigenvalue weighted by Gasteiger charge is 2.46. The summed E-state index contributed by atoms with van der Waals surface area (Å²) in [6.45, 7) is 3.42. The molecule has 2 fully saturated rings. The first-order valence-electron chi connectivity index (χ1n) is 8.47. The zero-order chi connectivity index (χ0) is 16.3. The van der Waals surface area contributed by atoms with E-state index in [4.69, 9.17) is 0 Å². The monoisotopic (exact) mass is 320 g/mol. The number of amides is 1. The van der Waals surface area contributed by atoms with Crippen molar-refractivity contribution in [3.8, 4) is 0 Å². The lowest BCUT2D eigenvalue weighted by Crippen LogP contribution is -2.59. The first-order valence-corrected chi connectivity index (χ1v) is 8.47. The SMILES string of the molecule is CNc1cc([N+]2(C(=O)O)CCC(C3CCNCC3)CC2)ncn1. The van der Waals surface area contributed by atoms with Crippen LogP contribution in [0.15, 0.2) is 12.4 Å². The molecule has 126 valence electrons. The van der Waals surface area contributed by atoms with E-state index in [0.29, 0.717) is 30.6 Å². The van der Waals surface area contributed by atoms with Gasteiger partial charge in [0.05, 0.1) is 19.2 Å². The van der Waals surface area contributed by atoms with Gasteiger partial charge in [-0.15, -0.1) is 0 Å². The second-order valence-corrected chi connectivity index (χ2v) is 6.63. The molecule has 0 saturated carbocycles. The van der Waals surface area contributed by atoms with Crippen molar-refractivity contribution in [1.82, 2.24) is 19.8 Å². The Bertz CT molecular complexity index is 551. The first-order chi connectivity index (χ1) is 11.2. The van der Waals surface area contributed by atoms with E-state index in [1.165, 1.54) is 19.2 Å². The van der Waals surface area contributed by atoms with E-state index in [9.17, 15) is 9.90 Å². The minimum atomic E-state index is -0.811. The molecule has 0 atom stereocenters. The molecule has 2 aliphatic heterocycles. The number of quaternary nitrogens is 1. The number of aromatic nitrogens is 2. The quantitative estimate of drug-likeness (QED) is 0.738. The third-order valence-electron chi connectivity index (χ3n) is 5.53. The number of carbonyl (C=O) groups is 1. The predicted octanol–water partition coefficient (Wildman–Crippen LogP) is 1.91. The van der Waals surface area contributed by atoms with Crippen LogP contribution in [-0.2, 0) is 0 Å². The Hall–Kier alpha value is -1.73. The molecule has 3 rings (SSSR count). The van der Waals surface area contributed by atoms with Crippen LogP contribution < -0.4 is 15.1 Å². The van der Waals surface area contributed by atoms with Crippen molar-refractivity contribution in [2.45, 2.75) is 25.7 Å². The second-order valence-electron chi connectivity index (χ2n) is 6.63. The molecule has 0 spiro atoms. The Morgan fingerprint density at radius 1 is 1.22 bits per heavy atom. The van der Waals surface area contributed by atoms with Crippen molar-refractivity contribution in [3.05, 3.63) is 12.4 Å². The highest BCUT2D eigenvalue weighted by molar-refractivity contribution is 5.80. The molecule has 3 heterocycles. The molecule has 2 aliphatic rings. The number of likely N-dealkylation sites (tertiary alicyclic amines) is 1. The van der Waals surface area contributed by atoms with Crippen LogP contribution in [0.25, 0.3) is 0 Å². The first kappa shape index (κ1) is 16.1. The van der Waals surface area contributed by atoms with E-state index in [-0.39, 0.29) is 4.48 Å². The average Bonchev–Trinajstić information content (AvgIpc) is 2.62. The Labute approximate surface area is 136 Å². The average molecular weight is 320 g/mol. The smallest absolute Gasteiger partial charge is 0.435 e. The Morgan fingerprint density at radius 2 is 1.87 bits per heavy atom. The molecule has 1 aromatic heterocycles. The Kier molecular flexibility index (Phi) is 4.77. The fraction of sp³-hybridized carbons (Fsp3) is 0.688. The van der Waals surface area contributed by atoms with Crippen molar-refractivity contribution in [3.63, 3.8) is 0 Å². The second kappa shape index (κ2) is 6.80. The van der Waals surface area contributed by atoms with E-state index >= 15 is 0 Å². The lowest BCUT2D eigenvalue weighted by atomic mass is 9.78. The van der Waals surface area contributed by atoms with Crippen LogP contribution in [0.4, 0.5) is 16.4 Å². The lowest BCUT2D eigenvalue weighted by Gasteiger charge is -2.40. The number of rotatable bonds is 3. The third kappa shape index (κ3) is 3.16. The number of nitrogens with one attached hydrogen (secondary N) is 2. The van der Waals surface area contributed by atoms with Gasteiger partial charge in [-0.05, 0) is 37.8 Å². The summed E-state index contributed by atoms with van der Waals surface area (Å²) in [7, 11) is 1.78. The molecule has 1 amide bonds. The fourth-order valence-electron chi connectivity index (χ4n) is 4.05. The van der Waals surface area contributed by atoms with Crippen LogP contribution >= 0.6 is 0 Å². The van der Waals surface area contributed by atoms with Gasteiger partial charge in [-0.3, -0.25) is 0 Å². The van der Waals surface area contributed by atoms with Crippen molar-refractivity contribution < 1.29 is 9.90 Å². The number of carboxylic acid groups (broad SMARTS) is 1. The fourth-order valence-corrected chi connectivity index (χ4v) is 4.05. The van der Waals surface area contributed by atoms with Gasteiger partial charge in [-0.1, -0.05) is 0 Å². The summed E-state index contributed by atoms with van der Waals surface area (Å²) in [5, 5.41) is 16.3. The van der Waals surface area contributed by atoms with Crippen molar-refractivity contribution >= 4 is 17.7 Å². The molecule has 7 nitrogen and oxygen atoms in total. The van der Waals surface area contributed by atoms with Gasteiger partial charge in [0.1, 0.15) is 12.1 Å². The largest absolute Gasteiger partial charge is 0.520 e. The van der Waals surface area contributed by atoms with Gasteiger partial charge in [-0.2, -0.15) is 14.3 Å². The summed E-state index contributed by atoms with van der Waals surface area (Å²) in [6.07, 6.45) is 4.98. The molecular weight excluding hydrogens is 294 g/mol. The third-order valence-corrected chi connectivity index (χ3v) is 5.53. The maximum Gasteiger partial charge on any atom is 0.520 e. The highest BCUT2D eigenvalue weighted by atomic mass is 16.4. The topological polar surface area (TPSA) is 87.1 Å². The molecular formula is C16H26N5O2+. The number of anilines is 1. The molecule has 23 heavy (non-hydrogen) atoms. The summed E-state index contributed by atoms with van der Waals surface area (Å²) in [5.74, 6) is 2.63. The number of hydrogen-bond donors (Lipinski definition) is 3. The summed E-state index contributed by atoms with van der Waals surface area (Å²) < 4.78 is -0.0708. The van der Waals surface area contributed by atoms with E-state index < -0.39 is 6.09 Å². The molecule has 0 bridgehead atoms. The number of piperidine rings is 2. The number of nitrogens with zero attached hydrogens (tertiary/aromatic N) is 3. The zero-order valence-corrected chi connectivity index (χ0v) is 13.7. The van der Waals surface area contributed by atoms with Crippen LogP contribution in [0.2, 0.25) is 0 Å². The van der Waals surface area contributed by atoms with Crippen molar-refractivity contribution in [2.75, 3.05) is 38.5 Å². The van der Waals surface area contributed by atoms with Crippen LogP contribution in [0, 0.1) is 11.8 Å². The lowest BCUT2D eigenvalue weighted by molar-refractivity contribution is 0.106. The van der Waals surface area contributed by atoms with Gasteiger partial charge in [0.15, 0.2) is 0 Å². The Morgan fingerprint density at radius 3 is 2.48 bits per heavy atom. The van der Waals surface area contributed by atoms with Crippen molar-refractivity contribution in [2.24, 2.45) is 11.8 Å². The van der Waals surface area contributed by atoms with Crippen LogP contribution in [0.1, 0.15) is 25.7 Å². The van der Waals surface area contributed by atoms with E-state index in [1.807, 2.05) is 0 Å². The maximum absolute atomic E-state index is 12.0. The molecule has 0 unspecified atom stereocenters. The van der Waals surface area contributed by atoms with Gasteiger partial charge >= 0.3 is 6.09 Å². The minimum Gasteiger partial charge on any atom is -0.435 e. The van der Waals surface area contributed by atoms with Gasteiger partial charge in [0.25, 0.3) is 0 Å². The van der Waals surface area contributed by atoms with E-state index in [0.717, 1.165) is 31.8 Å². The summed E-state index contributed by atoms with van der Waals surface area (Å²) in [5.41, 5.74) is 0. The van der Waals surface area contributed by atoms with Gasteiger partial charge in [-0.25, -0.2) is 4.98 Å². The van der Waals surface area contributed by atoms with Crippen LogP contribution in [0.5, 0.6) is 0 Å². The minimum absolute atomic E-state index is 0.0708. The number of hydrogen-bond acceptors (Lipinski definition) is 5. The normalized spacial score (nSPS) is 29.2. The summed E-state index contributed by atoms with van der Waals surface area (Å²) >= 11 is 0. The van der Waals surface area contributed by atoms with Gasteiger partial charge in [0.2, 0.25) is 5.82 Å². The molecule has 1 aromatic rings. The van der Waals surface area contributed by atoms with E-state index in [2.05, 4.69) is 20.6 Å². The maximum atomic E-state index is 12.0. The van der Waals surface area contributed by atoms with Gasteiger partial charge < -0.3 is 15.7 Å².